The van der Waals surface area contributed by atoms with Gasteiger partial charge in [0.25, 0.3) is 0 Å². The van der Waals surface area contributed by atoms with Crippen molar-refractivity contribution in [2.24, 2.45) is 0 Å². The SMILES string of the molecule is C=Cc1c(C(C)C)ccnc1NC.[HH]. The maximum absolute atomic E-state index is 4.23. The highest BCUT2D eigenvalue weighted by Gasteiger charge is 2.07. The lowest BCUT2D eigenvalue weighted by molar-refractivity contribution is 0.860. The van der Waals surface area contributed by atoms with Gasteiger partial charge in [-0.2, -0.15) is 0 Å². The fraction of sp³-hybridized carbons (Fsp3) is 0.364. The van der Waals surface area contributed by atoms with Crippen LogP contribution in [0, 0.1) is 0 Å². The van der Waals surface area contributed by atoms with Crippen molar-refractivity contribution in [2.45, 2.75) is 19.8 Å². The molecular formula is C11H18N2. The molecule has 1 N–H and O–H groups in total. The van der Waals surface area contributed by atoms with Gasteiger partial charge in [-0.25, -0.2) is 4.98 Å². The molecule has 0 radical (unpaired) electrons. The maximum atomic E-state index is 4.23. The summed E-state index contributed by atoms with van der Waals surface area (Å²) in [6, 6.07) is 2.04. The molecule has 0 saturated heterocycles. The Morgan fingerprint density at radius 3 is 2.77 bits per heavy atom. The standard InChI is InChI=1S/C11H16N2.H2/c1-5-9-10(8(2)3)6-7-13-11(9)12-4;/h5-8H,1H2,2-4H3,(H,12,13);1H. The number of rotatable bonds is 3. The third kappa shape index (κ3) is 1.89. The minimum Gasteiger partial charge on any atom is -0.373 e. The summed E-state index contributed by atoms with van der Waals surface area (Å²) in [6.45, 7) is 8.14. The van der Waals surface area contributed by atoms with E-state index in [0.717, 1.165) is 11.4 Å². The summed E-state index contributed by atoms with van der Waals surface area (Å²) in [5.74, 6) is 1.41. The molecule has 0 unspecified atom stereocenters. The van der Waals surface area contributed by atoms with Crippen LogP contribution in [0.1, 0.15) is 32.3 Å². The number of pyridine rings is 1. The molecule has 1 aromatic heterocycles. The molecule has 0 saturated carbocycles. The molecule has 0 fully saturated rings. The lowest BCUT2D eigenvalue weighted by Crippen LogP contribution is -2.00. The van der Waals surface area contributed by atoms with E-state index in [1.54, 1.807) is 0 Å². The zero-order chi connectivity index (χ0) is 9.84. The number of aromatic nitrogens is 1. The van der Waals surface area contributed by atoms with Crippen LogP contribution in [0.15, 0.2) is 18.8 Å². The molecule has 1 aromatic rings. The molecular weight excluding hydrogens is 160 g/mol. The van der Waals surface area contributed by atoms with Crippen LogP contribution >= 0.6 is 0 Å². The minimum atomic E-state index is 0. The number of hydrogen-bond donors (Lipinski definition) is 1. The van der Waals surface area contributed by atoms with Crippen molar-refractivity contribution >= 4 is 11.9 Å². The third-order valence-electron chi connectivity index (χ3n) is 2.09. The summed E-state index contributed by atoms with van der Waals surface area (Å²) in [5, 5.41) is 3.06. The van der Waals surface area contributed by atoms with E-state index in [0.29, 0.717) is 5.92 Å². The van der Waals surface area contributed by atoms with Crippen molar-refractivity contribution in [3.63, 3.8) is 0 Å². The second-order valence-electron chi connectivity index (χ2n) is 3.27. The van der Waals surface area contributed by atoms with Crippen molar-refractivity contribution in [1.82, 2.24) is 4.98 Å². The van der Waals surface area contributed by atoms with E-state index in [9.17, 15) is 0 Å². The van der Waals surface area contributed by atoms with Crippen molar-refractivity contribution in [2.75, 3.05) is 12.4 Å². The summed E-state index contributed by atoms with van der Waals surface area (Å²) in [7, 11) is 1.87. The number of nitrogens with one attached hydrogen (secondary N) is 1. The predicted octanol–water partition coefficient (Wildman–Crippen LogP) is 3.14. The normalized spacial score (nSPS) is 10.2. The molecule has 1 rings (SSSR count). The Morgan fingerprint density at radius 2 is 2.31 bits per heavy atom. The molecule has 0 aliphatic heterocycles. The Bertz CT molecular complexity index is 308. The molecule has 0 amide bonds. The van der Waals surface area contributed by atoms with Crippen LogP contribution in [0.5, 0.6) is 0 Å². The number of anilines is 1. The fourth-order valence-electron chi connectivity index (χ4n) is 1.41. The summed E-state index contributed by atoms with van der Waals surface area (Å²) >= 11 is 0. The van der Waals surface area contributed by atoms with Crippen LogP contribution in [-0.2, 0) is 0 Å². The monoisotopic (exact) mass is 178 g/mol. The van der Waals surface area contributed by atoms with Gasteiger partial charge >= 0.3 is 0 Å². The highest BCUT2D eigenvalue weighted by molar-refractivity contribution is 5.65. The fourth-order valence-corrected chi connectivity index (χ4v) is 1.41. The van der Waals surface area contributed by atoms with Crippen molar-refractivity contribution < 1.29 is 1.43 Å². The molecule has 0 bridgehead atoms. The molecule has 0 spiro atoms. The Labute approximate surface area is 81.2 Å². The first-order valence-electron chi connectivity index (χ1n) is 4.49. The van der Waals surface area contributed by atoms with Gasteiger partial charge in [-0.05, 0) is 17.5 Å². The van der Waals surface area contributed by atoms with Gasteiger partial charge in [0.2, 0.25) is 0 Å². The van der Waals surface area contributed by atoms with E-state index in [2.05, 4.69) is 30.7 Å². The summed E-state index contributed by atoms with van der Waals surface area (Å²) in [4.78, 5) is 4.23. The summed E-state index contributed by atoms with van der Waals surface area (Å²) in [6.07, 6.45) is 3.68. The van der Waals surface area contributed by atoms with Gasteiger partial charge in [0.1, 0.15) is 5.82 Å². The number of hydrogen-bond acceptors (Lipinski definition) is 2. The molecule has 0 atom stereocenters. The van der Waals surface area contributed by atoms with Gasteiger partial charge < -0.3 is 5.32 Å². The van der Waals surface area contributed by atoms with Crippen LogP contribution in [0.3, 0.4) is 0 Å². The molecule has 1 heterocycles. The van der Waals surface area contributed by atoms with Crippen molar-refractivity contribution in [3.8, 4) is 0 Å². The van der Waals surface area contributed by atoms with E-state index in [1.165, 1.54) is 5.56 Å². The number of nitrogens with zero attached hydrogens (tertiary/aromatic N) is 1. The van der Waals surface area contributed by atoms with Crippen LogP contribution in [0.2, 0.25) is 0 Å². The van der Waals surface area contributed by atoms with Crippen molar-refractivity contribution in [3.05, 3.63) is 30.0 Å². The van der Waals surface area contributed by atoms with Crippen LogP contribution in [0.4, 0.5) is 5.82 Å². The highest BCUT2D eigenvalue weighted by Crippen LogP contribution is 2.24. The Morgan fingerprint density at radius 1 is 1.62 bits per heavy atom. The molecule has 13 heavy (non-hydrogen) atoms. The smallest absolute Gasteiger partial charge is 0.133 e. The zero-order valence-electron chi connectivity index (χ0n) is 8.46. The minimum absolute atomic E-state index is 0. The quantitative estimate of drug-likeness (QED) is 0.769. The molecule has 0 aromatic carbocycles. The predicted molar refractivity (Wildman–Crippen MR) is 60.1 cm³/mol. The maximum Gasteiger partial charge on any atom is 0.133 e. The van der Waals surface area contributed by atoms with E-state index >= 15 is 0 Å². The topological polar surface area (TPSA) is 24.9 Å². The van der Waals surface area contributed by atoms with Gasteiger partial charge in [-0.15, -0.1) is 0 Å². The Balaban J connectivity index is 0.00000169. The van der Waals surface area contributed by atoms with Crippen molar-refractivity contribution in [1.29, 1.82) is 0 Å². The first kappa shape index (κ1) is 9.78. The van der Waals surface area contributed by atoms with Crippen LogP contribution in [0.25, 0.3) is 6.08 Å². The Hall–Kier alpha value is -1.31. The first-order valence-corrected chi connectivity index (χ1v) is 4.49. The Kier molecular flexibility index (Phi) is 3.07. The van der Waals surface area contributed by atoms with Gasteiger partial charge in [-0.3, -0.25) is 0 Å². The van der Waals surface area contributed by atoms with Gasteiger partial charge in [0.15, 0.2) is 0 Å². The molecule has 0 aliphatic carbocycles. The first-order chi connectivity index (χ1) is 6.20. The van der Waals surface area contributed by atoms with E-state index in [-0.39, 0.29) is 1.43 Å². The lowest BCUT2D eigenvalue weighted by atomic mass is 9.98. The summed E-state index contributed by atoms with van der Waals surface area (Å²) in [5.41, 5.74) is 2.40. The molecule has 2 heteroatoms. The second kappa shape index (κ2) is 4.08. The molecule has 0 aliphatic rings. The average molecular weight is 178 g/mol. The van der Waals surface area contributed by atoms with Crippen LogP contribution in [-0.4, -0.2) is 12.0 Å². The largest absolute Gasteiger partial charge is 0.373 e. The van der Waals surface area contributed by atoms with Crippen LogP contribution < -0.4 is 5.32 Å². The average Bonchev–Trinajstić information content (AvgIpc) is 2.16. The van der Waals surface area contributed by atoms with E-state index < -0.39 is 0 Å². The molecule has 2 nitrogen and oxygen atoms in total. The zero-order valence-corrected chi connectivity index (χ0v) is 8.46. The summed E-state index contributed by atoms with van der Waals surface area (Å²) < 4.78 is 0. The van der Waals surface area contributed by atoms with Gasteiger partial charge in [0, 0.05) is 20.2 Å². The third-order valence-corrected chi connectivity index (χ3v) is 2.09. The molecule has 72 valence electrons. The lowest BCUT2D eigenvalue weighted by Gasteiger charge is -2.12. The van der Waals surface area contributed by atoms with Gasteiger partial charge in [0.05, 0.1) is 0 Å². The van der Waals surface area contributed by atoms with E-state index in [4.69, 9.17) is 0 Å². The second-order valence-corrected chi connectivity index (χ2v) is 3.27. The highest BCUT2D eigenvalue weighted by atomic mass is 15.0. The van der Waals surface area contributed by atoms with Gasteiger partial charge in [-0.1, -0.05) is 26.5 Å². The van der Waals surface area contributed by atoms with E-state index in [1.807, 2.05) is 25.4 Å².